The van der Waals surface area contributed by atoms with Gasteiger partial charge in [0.1, 0.15) is 17.5 Å². The van der Waals surface area contributed by atoms with E-state index in [0.29, 0.717) is 23.8 Å². The zero-order chi connectivity index (χ0) is 24.9. The van der Waals surface area contributed by atoms with Gasteiger partial charge in [-0.05, 0) is 90.9 Å². The van der Waals surface area contributed by atoms with Crippen molar-refractivity contribution in [3.8, 4) is 0 Å². The third kappa shape index (κ3) is 6.22. The molecule has 4 aromatic rings. The lowest BCUT2D eigenvalue weighted by Gasteiger charge is -2.22. The highest BCUT2D eigenvalue weighted by Gasteiger charge is 2.16. The maximum Gasteiger partial charge on any atom is 0.127 e. The highest BCUT2D eigenvalue weighted by molar-refractivity contribution is 7.99. The molecule has 0 atom stereocenters. The molecule has 0 unspecified atom stereocenters. The molecule has 0 bridgehead atoms. The molecule has 1 aliphatic rings. The average molecular weight is 506 g/mol. The molecule has 36 heavy (non-hydrogen) atoms. The molecule has 5 rings (SSSR count). The molecule has 4 nitrogen and oxygen atoms in total. The first-order valence-corrected chi connectivity index (χ1v) is 13.0. The summed E-state index contributed by atoms with van der Waals surface area (Å²) >= 11 is 1.68. The molecule has 186 valence electrons. The van der Waals surface area contributed by atoms with E-state index in [4.69, 9.17) is 10.5 Å². The van der Waals surface area contributed by atoms with Crippen LogP contribution < -0.4 is 11.1 Å². The van der Waals surface area contributed by atoms with Crippen LogP contribution in [-0.4, -0.2) is 18.2 Å². The fraction of sp³-hybridized carbons (Fsp3) is 0.276. The van der Waals surface area contributed by atoms with Crippen LogP contribution in [0.1, 0.15) is 29.5 Å². The number of nitrogen functional groups attached to an aromatic ring is 1. The fourth-order valence-electron chi connectivity index (χ4n) is 4.58. The zero-order valence-electron chi connectivity index (χ0n) is 20.0. The number of rotatable bonds is 8. The molecule has 0 amide bonds. The van der Waals surface area contributed by atoms with E-state index in [1.54, 1.807) is 11.8 Å². The summed E-state index contributed by atoms with van der Waals surface area (Å²) in [5.41, 5.74) is 9.69. The highest BCUT2D eigenvalue weighted by Crippen LogP contribution is 2.32. The maximum atomic E-state index is 13.9. The predicted octanol–water partition coefficient (Wildman–Crippen LogP) is 6.51. The number of nitrogens with two attached hydrogens (primary N) is 1. The minimum atomic E-state index is -0.435. The molecule has 0 aliphatic carbocycles. The van der Waals surface area contributed by atoms with Crippen molar-refractivity contribution < 1.29 is 13.5 Å². The molecule has 0 spiro atoms. The largest absolute Gasteiger partial charge is 0.383 e. The van der Waals surface area contributed by atoms with Gasteiger partial charge in [0.25, 0.3) is 0 Å². The van der Waals surface area contributed by atoms with Crippen molar-refractivity contribution in [2.75, 3.05) is 18.9 Å². The molecule has 1 aliphatic heterocycles. The number of nitrogens with zero attached hydrogens (tertiary/aromatic N) is 1. The number of hydrogen-bond acceptors (Lipinski definition) is 5. The monoisotopic (exact) mass is 505 g/mol. The number of ether oxygens (including phenoxy) is 1. The maximum absolute atomic E-state index is 13.9. The summed E-state index contributed by atoms with van der Waals surface area (Å²) < 4.78 is 32.7. The number of anilines is 1. The number of benzene rings is 3. The zero-order valence-corrected chi connectivity index (χ0v) is 20.8. The van der Waals surface area contributed by atoms with Crippen LogP contribution in [0.15, 0.2) is 76.5 Å². The molecule has 1 saturated heterocycles. The minimum Gasteiger partial charge on any atom is -0.383 e. The quantitative estimate of drug-likeness (QED) is 0.286. The average Bonchev–Trinajstić information content (AvgIpc) is 2.88. The Morgan fingerprint density at radius 2 is 1.75 bits per heavy atom. The number of pyridine rings is 1. The van der Waals surface area contributed by atoms with Gasteiger partial charge in [0.05, 0.1) is 5.52 Å². The number of halogens is 2. The van der Waals surface area contributed by atoms with E-state index >= 15 is 0 Å². The van der Waals surface area contributed by atoms with Crippen molar-refractivity contribution in [2.24, 2.45) is 5.92 Å². The molecule has 2 heterocycles. The topological polar surface area (TPSA) is 60.2 Å². The lowest BCUT2D eigenvalue weighted by atomic mass is 9.92. The highest BCUT2D eigenvalue weighted by atomic mass is 32.2. The first kappa shape index (κ1) is 24.7. The van der Waals surface area contributed by atoms with Gasteiger partial charge in [-0.3, -0.25) is 0 Å². The lowest BCUT2D eigenvalue weighted by Crippen LogP contribution is -2.18. The summed E-state index contributed by atoms with van der Waals surface area (Å²) in [4.78, 5) is 6.88. The van der Waals surface area contributed by atoms with E-state index in [-0.39, 0.29) is 6.54 Å². The second-order valence-corrected chi connectivity index (χ2v) is 10.4. The van der Waals surface area contributed by atoms with Gasteiger partial charge in [0.15, 0.2) is 0 Å². The Kier molecular flexibility index (Phi) is 7.80. The van der Waals surface area contributed by atoms with Gasteiger partial charge in [0.2, 0.25) is 0 Å². The molecule has 1 aromatic heterocycles. The Balaban J connectivity index is 1.26. The summed E-state index contributed by atoms with van der Waals surface area (Å²) in [6.45, 7) is 2.46. The van der Waals surface area contributed by atoms with Gasteiger partial charge in [0, 0.05) is 47.0 Å². The van der Waals surface area contributed by atoms with Gasteiger partial charge in [-0.15, -0.1) is 0 Å². The van der Waals surface area contributed by atoms with Crippen molar-refractivity contribution in [3.63, 3.8) is 0 Å². The van der Waals surface area contributed by atoms with E-state index in [2.05, 4.69) is 40.6 Å². The second-order valence-electron chi connectivity index (χ2n) is 9.24. The lowest BCUT2D eigenvalue weighted by molar-refractivity contribution is 0.0666. The standard InChI is InChI=1S/C29H29F2N3OS/c30-24-4-6-27(31)23(15-24)18-33-17-20-2-1-3-25(13-20)36-26-5-7-28-21(16-26)14-22(29(32)34-28)12-19-8-10-35-11-9-19/h1-7,13-16,19,33H,8-12,17-18H2,(H2,32,34). The normalized spacial score (nSPS) is 14.4. The molecular formula is C29H29F2N3OS. The predicted molar refractivity (Wildman–Crippen MR) is 141 cm³/mol. The summed E-state index contributed by atoms with van der Waals surface area (Å²) in [5.74, 6) is 0.367. The Labute approximate surface area is 214 Å². The SMILES string of the molecule is Nc1nc2ccc(Sc3cccc(CNCc4cc(F)ccc4F)c3)cc2cc1CC1CCOCC1. The summed E-state index contributed by atoms with van der Waals surface area (Å²) in [5, 5.41) is 4.29. The van der Waals surface area contributed by atoms with Crippen LogP contribution in [0.25, 0.3) is 10.9 Å². The van der Waals surface area contributed by atoms with Crippen LogP contribution in [0.5, 0.6) is 0 Å². The minimum absolute atomic E-state index is 0.262. The third-order valence-electron chi connectivity index (χ3n) is 6.53. The first-order chi connectivity index (χ1) is 17.5. The van der Waals surface area contributed by atoms with Crippen LogP contribution in [0.4, 0.5) is 14.6 Å². The van der Waals surface area contributed by atoms with Crippen molar-refractivity contribution in [1.82, 2.24) is 10.3 Å². The van der Waals surface area contributed by atoms with Crippen LogP contribution in [-0.2, 0) is 24.2 Å². The van der Waals surface area contributed by atoms with Gasteiger partial charge < -0.3 is 15.8 Å². The van der Waals surface area contributed by atoms with E-state index in [0.717, 1.165) is 76.4 Å². The summed E-state index contributed by atoms with van der Waals surface area (Å²) in [7, 11) is 0. The van der Waals surface area contributed by atoms with E-state index in [1.165, 1.54) is 6.07 Å². The van der Waals surface area contributed by atoms with Gasteiger partial charge in [-0.1, -0.05) is 23.9 Å². The van der Waals surface area contributed by atoms with Crippen LogP contribution in [0.3, 0.4) is 0 Å². The third-order valence-corrected chi connectivity index (χ3v) is 7.51. The fourth-order valence-corrected chi connectivity index (χ4v) is 5.53. The number of nitrogens with one attached hydrogen (secondary N) is 1. The Morgan fingerprint density at radius 1 is 0.917 bits per heavy atom. The first-order valence-electron chi connectivity index (χ1n) is 12.2. The molecular weight excluding hydrogens is 476 g/mol. The molecule has 0 radical (unpaired) electrons. The van der Waals surface area contributed by atoms with Crippen LogP contribution in [0, 0.1) is 17.6 Å². The smallest absolute Gasteiger partial charge is 0.127 e. The number of hydrogen-bond donors (Lipinski definition) is 2. The Morgan fingerprint density at radius 3 is 2.61 bits per heavy atom. The summed E-state index contributed by atoms with van der Waals surface area (Å²) in [6, 6.07) is 20.2. The van der Waals surface area contributed by atoms with Gasteiger partial charge >= 0.3 is 0 Å². The molecule has 1 fully saturated rings. The second kappa shape index (κ2) is 11.4. The van der Waals surface area contributed by atoms with E-state index in [9.17, 15) is 8.78 Å². The molecule has 3 N–H and O–H groups in total. The Hall–Kier alpha value is -3.00. The van der Waals surface area contributed by atoms with Gasteiger partial charge in [-0.2, -0.15) is 0 Å². The van der Waals surface area contributed by atoms with E-state index < -0.39 is 11.6 Å². The van der Waals surface area contributed by atoms with Crippen molar-refractivity contribution in [1.29, 1.82) is 0 Å². The number of fused-ring (bicyclic) bond motifs is 1. The van der Waals surface area contributed by atoms with Crippen LogP contribution >= 0.6 is 11.8 Å². The Bertz CT molecular complexity index is 1360. The van der Waals surface area contributed by atoms with Gasteiger partial charge in [-0.25, -0.2) is 13.8 Å². The van der Waals surface area contributed by atoms with Crippen LogP contribution in [0.2, 0.25) is 0 Å². The van der Waals surface area contributed by atoms with Crippen molar-refractivity contribution in [2.45, 2.75) is 42.1 Å². The number of aromatic nitrogens is 1. The molecule has 3 aromatic carbocycles. The van der Waals surface area contributed by atoms with E-state index in [1.807, 2.05) is 18.2 Å². The summed E-state index contributed by atoms with van der Waals surface area (Å²) in [6.07, 6.45) is 3.07. The van der Waals surface area contributed by atoms with Crippen molar-refractivity contribution >= 4 is 28.5 Å². The van der Waals surface area contributed by atoms with Crippen molar-refractivity contribution in [3.05, 3.63) is 95.1 Å². The molecule has 0 saturated carbocycles. The molecule has 7 heteroatoms.